The Balaban J connectivity index is 0.000000171. The summed E-state index contributed by atoms with van der Waals surface area (Å²) in [5, 5.41) is 86.1. The van der Waals surface area contributed by atoms with Crippen molar-refractivity contribution in [1.29, 1.82) is 0 Å². The van der Waals surface area contributed by atoms with Gasteiger partial charge in [-0.3, -0.25) is 9.59 Å². The molecule has 43 heavy (non-hydrogen) atoms. The number of benzene rings is 4. The Kier molecular flexibility index (Phi) is 6.83. The van der Waals surface area contributed by atoms with Gasteiger partial charge >= 0.3 is 0 Å². The van der Waals surface area contributed by atoms with Crippen molar-refractivity contribution in [2.45, 2.75) is 0 Å². The molecule has 0 atom stereocenters. The Bertz CT molecular complexity index is 2160. The zero-order valence-corrected chi connectivity index (χ0v) is 21.5. The van der Waals surface area contributed by atoms with Crippen molar-refractivity contribution in [1.82, 2.24) is 0 Å². The smallest absolute Gasteiger partial charge is 0.238 e. The Morgan fingerprint density at radius 2 is 0.884 bits per heavy atom. The molecule has 0 radical (unpaired) electrons. The van der Waals surface area contributed by atoms with Crippen molar-refractivity contribution in [3.05, 3.63) is 87.2 Å². The number of hydrogen-bond acceptors (Lipinski definition) is 13. The topological polar surface area (TPSA) is 242 Å². The van der Waals surface area contributed by atoms with Gasteiger partial charge in [-0.2, -0.15) is 0 Å². The van der Waals surface area contributed by atoms with E-state index >= 15 is 0 Å². The Labute approximate surface area is 238 Å². The van der Waals surface area contributed by atoms with E-state index in [0.717, 1.165) is 24.3 Å². The third-order valence-electron chi connectivity index (χ3n) is 6.23. The van der Waals surface area contributed by atoms with E-state index in [2.05, 4.69) is 0 Å². The summed E-state index contributed by atoms with van der Waals surface area (Å²) in [5.41, 5.74) is -1.61. The normalized spacial score (nSPS) is 10.9. The number of fused-ring (bicyclic) bond motifs is 2. The largest absolute Gasteiger partial charge is 0.508 e. The second-order valence-electron chi connectivity index (χ2n) is 9.14. The molecule has 0 bridgehead atoms. The first-order valence-electron chi connectivity index (χ1n) is 12.1. The zero-order valence-electron chi connectivity index (χ0n) is 21.5. The quantitative estimate of drug-likeness (QED) is 0.137. The maximum Gasteiger partial charge on any atom is 0.238 e. The van der Waals surface area contributed by atoms with E-state index in [1.807, 2.05) is 0 Å². The molecule has 0 spiro atoms. The number of phenolic OH excluding ortho intramolecular Hbond substituents is 7. The molecule has 0 aliphatic heterocycles. The minimum absolute atomic E-state index is 0.0247. The van der Waals surface area contributed by atoms with Crippen molar-refractivity contribution >= 4 is 21.9 Å². The minimum atomic E-state index is -0.916. The van der Waals surface area contributed by atoms with Crippen LogP contribution in [0.4, 0.5) is 0 Å². The van der Waals surface area contributed by atoms with Gasteiger partial charge in [0.2, 0.25) is 22.4 Å². The fourth-order valence-electron chi connectivity index (χ4n) is 4.25. The van der Waals surface area contributed by atoms with Gasteiger partial charge in [0.05, 0.1) is 5.56 Å². The molecule has 6 rings (SSSR count). The summed E-state index contributed by atoms with van der Waals surface area (Å²) >= 11 is 0. The predicted molar refractivity (Wildman–Crippen MR) is 151 cm³/mol. The van der Waals surface area contributed by atoms with Crippen LogP contribution in [0.3, 0.4) is 0 Å². The molecule has 0 aliphatic rings. The van der Waals surface area contributed by atoms with Crippen molar-refractivity contribution in [2.24, 2.45) is 0 Å². The van der Waals surface area contributed by atoms with Crippen LogP contribution < -0.4 is 10.9 Å². The summed E-state index contributed by atoms with van der Waals surface area (Å²) in [6, 6.07) is 13.3. The zero-order chi connectivity index (χ0) is 31.2. The number of rotatable bonds is 2. The molecule has 9 N–H and O–H groups in total. The van der Waals surface area contributed by atoms with Gasteiger partial charge in [0, 0.05) is 35.9 Å². The highest BCUT2D eigenvalue weighted by Crippen LogP contribution is 2.39. The van der Waals surface area contributed by atoms with Crippen LogP contribution in [0.25, 0.3) is 44.6 Å². The maximum atomic E-state index is 12.2. The minimum Gasteiger partial charge on any atom is -0.508 e. The Morgan fingerprint density at radius 3 is 1.40 bits per heavy atom. The van der Waals surface area contributed by atoms with Crippen LogP contribution in [0.5, 0.6) is 51.7 Å². The molecule has 0 amide bonds. The van der Waals surface area contributed by atoms with E-state index in [0.29, 0.717) is 5.56 Å². The van der Waals surface area contributed by atoms with Crippen LogP contribution in [-0.4, -0.2) is 46.0 Å². The lowest BCUT2D eigenvalue weighted by molar-refractivity contribution is 0.433. The lowest BCUT2D eigenvalue weighted by Gasteiger charge is -2.09. The lowest BCUT2D eigenvalue weighted by atomic mass is 10.1. The van der Waals surface area contributed by atoms with Crippen molar-refractivity contribution < 1.29 is 54.8 Å². The molecule has 0 saturated carbocycles. The third-order valence-corrected chi connectivity index (χ3v) is 6.23. The molecule has 4 aromatic carbocycles. The van der Waals surface area contributed by atoms with E-state index in [1.165, 1.54) is 42.5 Å². The van der Waals surface area contributed by atoms with Crippen molar-refractivity contribution in [3.8, 4) is 74.4 Å². The monoisotopic (exact) mass is 588 g/mol. The van der Waals surface area contributed by atoms with E-state index in [4.69, 9.17) is 8.83 Å². The first kappa shape index (κ1) is 28.0. The molecule has 218 valence electrons. The average Bonchev–Trinajstić information content (AvgIpc) is 2.93. The molecule has 0 unspecified atom stereocenters. The predicted octanol–water partition coefficient (Wildman–Crippen LogP) is 4.27. The van der Waals surface area contributed by atoms with Crippen molar-refractivity contribution in [2.75, 3.05) is 0 Å². The van der Waals surface area contributed by atoms with E-state index < -0.39 is 39.6 Å². The molecule has 13 heteroatoms. The third kappa shape index (κ3) is 5.09. The second kappa shape index (κ2) is 10.5. The standard InChI is InChI=1S/C15H10O7.C15H10O6/c16-6-1-2-8(9(18)3-6)15-14(21)13(20)12-10(19)4-7(17)5-11(12)22-15;16-8-3-1-7(2-4-8)15-14(20)13(19)12-10(18)5-9(17)6-11(12)21-15/h1-5,16-19,21H;1-6,16-18,20H. The van der Waals surface area contributed by atoms with Crippen LogP contribution in [0, 0.1) is 0 Å². The molecule has 2 aromatic heterocycles. The van der Waals surface area contributed by atoms with E-state index in [1.54, 1.807) is 0 Å². The summed E-state index contributed by atoms with van der Waals surface area (Å²) < 4.78 is 10.7. The summed E-state index contributed by atoms with van der Waals surface area (Å²) in [5.74, 6) is -4.16. The van der Waals surface area contributed by atoms with Crippen LogP contribution in [0.1, 0.15) is 0 Å². The summed E-state index contributed by atoms with van der Waals surface area (Å²) in [6.07, 6.45) is 0. The van der Waals surface area contributed by atoms with Gasteiger partial charge in [0.15, 0.2) is 11.5 Å². The maximum absolute atomic E-state index is 12.2. The highest BCUT2D eigenvalue weighted by molar-refractivity contribution is 5.89. The van der Waals surface area contributed by atoms with Gasteiger partial charge in [-0.25, -0.2) is 0 Å². The van der Waals surface area contributed by atoms with E-state index in [-0.39, 0.29) is 62.0 Å². The Morgan fingerprint density at radius 1 is 0.442 bits per heavy atom. The first-order valence-corrected chi connectivity index (χ1v) is 12.1. The molecule has 0 aliphatic carbocycles. The molecule has 6 aromatic rings. The van der Waals surface area contributed by atoms with Crippen LogP contribution >= 0.6 is 0 Å². The van der Waals surface area contributed by atoms with Crippen LogP contribution in [0.2, 0.25) is 0 Å². The molecular weight excluding hydrogens is 568 g/mol. The first-order chi connectivity index (χ1) is 20.3. The van der Waals surface area contributed by atoms with Gasteiger partial charge in [-0.1, -0.05) is 0 Å². The highest BCUT2D eigenvalue weighted by atomic mass is 16.4. The van der Waals surface area contributed by atoms with Gasteiger partial charge in [0.1, 0.15) is 62.2 Å². The summed E-state index contributed by atoms with van der Waals surface area (Å²) in [4.78, 5) is 24.3. The van der Waals surface area contributed by atoms with Gasteiger partial charge in [-0.15, -0.1) is 0 Å². The fourth-order valence-corrected chi connectivity index (χ4v) is 4.25. The SMILES string of the molecule is O=c1c(O)c(-c2ccc(O)cc2)oc2cc(O)cc(O)c12.O=c1c(O)c(-c2ccc(O)cc2O)oc2cc(O)cc(O)c12. The lowest BCUT2D eigenvalue weighted by Crippen LogP contribution is -2.03. The van der Waals surface area contributed by atoms with Gasteiger partial charge in [-0.05, 0) is 36.4 Å². The molecule has 0 saturated heterocycles. The number of phenols is 7. The second-order valence-corrected chi connectivity index (χ2v) is 9.14. The van der Waals surface area contributed by atoms with E-state index in [9.17, 15) is 55.5 Å². The molecule has 0 fully saturated rings. The van der Waals surface area contributed by atoms with Gasteiger partial charge in [0.25, 0.3) is 0 Å². The van der Waals surface area contributed by atoms with Gasteiger partial charge < -0.3 is 54.8 Å². The average molecular weight is 588 g/mol. The molecule has 13 nitrogen and oxygen atoms in total. The molecule has 2 heterocycles. The van der Waals surface area contributed by atoms with Crippen molar-refractivity contribution in [3.63, 3.8) is 0 Å². The molecular formula is C30H20O13. The van der Waals surface area contributed by atoms with Crippen LogP contribution in [0.15, 0.2) is 85.2 Å². The summed E-state index contributed by atoms with van der Waals surface area (Å²) in [7, 11) is 0. The number of hydrogen-bond donors (Lipinski definition) is 9. The van der Waals surface area contributed by atoms with Crippen LogP contribution in [-0.2, 0) is 0 Å². The Hall–Kier alpha value is -6.50. The summed E-state index contributed by atoms with van der Waals surface area (Å²) in [6.45, 7) is 0. The number of aromatic hydroxyl groups is 9. The highest BCUT2D eigenvalue weighted by Gasteiger charge is 2.21. The fraction of sp³-hybridized carbons (Fsp3) is 0.